The fourth-order valence-electron chi connectivity index (χ4n) is 3.17. The van der Waals surface area contributed by atoms with E-state index in [1.807, 2.05) is 12.1 Å². The molecule has 0 bridgehead atoms. The maximum Gasteiger partial charge on any atom is 0.231 e. The molecule has 1 atom stereocenters. The molecule has 2 aromatic carbocycles. The second kappa shape index (κ2) is 6.67. The van der Waals surface area contributed by atoms with Gasteiger partial charge in [0.1, 0.15) is 5.82 Å². The van der Waals surface area contributed by atoms with E-state index in [4.69, 9.17) is 9.47 Å². The third-order valence-electron chi connectivity index (χ3n) is 4.54. The predicted molar refractivity (Wildman–Crippen MR) is 91.3 cm³/mol. The first kappa shape index (κ1) is 16.4. The van der Waals surface area contributed by atoms with E-state index >= 15 is 0 Å². The molecule has 0 aromatic heterocycles. The first-order chi connectivity index (χ1) is 12.6. The van der Waals surface area contributed by atoms with Crippen molar-refractivity contribution in [2.75, 3.05) is 18.2 Å². The number of fused-ring (bicyclic) bond motifs is 1. The summed E-state index contributed by atoms with van der Waals surface area (Å²) < 4.78 is 24.5. The highest BCUT2D eigenvalue weighted by Gasteiger charge is 2.36. The Bertz CT molecular complexity index is 870. The van der Waals surface area contributed by atoms with E-state index in [1.165, 1.54) is 11.0 Å². The van der Waals surface area contributed by atoms with E-state index in [0.717, 1.165) is 5.56 Å². The normalized spacial score (nSPS) is 18.3. The Morgan fingerprint density at radius 3 is 2.85 bits per heavy atom. The molecule has 26 heavy (non-hydrogen) atoms. The molecule has 1 N–H and O–H groups in total. The number of benzene rings is 2. The second-order valence-corrected chi connectivity index (χ2v) is 6.26. The van der Waals surface area contributed by atoms with E-state index in [1.54, 1.807) is 24.3 Å². The van der Waals surface area contributed by atoms with Gasteiger partial charge in [-0.2, -0.15) is 0 Å². The number of carbonyl (C=O) groups excluding carboxylic acids is 2. The minimum absolute atomic E-state index is 0.0707. The van der Waals surface area contributed by atoms with Crippen molar-refractivity contribution >= 4 is 17.5 Å². The lowest BCUT2D eigenvalue weighted by Crippen LogP contribution is -2.32. The zero-order valence-corrected chi connectivity index (χ0v) is 13.9. The fourth-order valence-corrected chi connectivity index (χ4v) is 3.17. The van der Waals surface area contributed by atoms with Gasteiger partial charge in [0.25, 0.3) is 0 Å². The summed E-state index contributed by atoms with van der Waals surface area (Å²) in [4.78, 5) is 25.9. The summed E-state index contributed by atoms with van der Waals surface area (Å²) in [5, 5.41) is 2.83. The molecule has 0 saturated carbocycles. The number of carbonyl (C=O) groups is 2. The summed E-state index contributed by atoms with van der Waals surface area (Å²) in [5.74, 6) is -0.118. The van der Waals surface area contributed by atoms with E-state index < -0.39 is 11.7 Å². The smallest absolute Gasteiger partial charge is 0.231 e. The quantitative estimate of drug-likeness (QED) is 0.912. The molecule has 0 aliphatic carbocycles. The van der Waals surface area contributed by atoms with Crippen LogP contribution < -0.4 is 19.7 Å². The van der Waals surface area contributed by atoms with Gasteiger partial charge in [-0.25, -0.2) is 4.39 Å². The molecule has 2 heterocycles. The Labute approximate surface area is 149 Å². The number of ether oxygens (including phenoxy) is 2. The van der Waals surface area contributed by atoms with Gasteiger partial charge in [0.2, 0.25) is 18.6 Å². The van der Waals surface area contributed by atoms with E-state index in [-0.39, 0.29) is 37.3 Å². The molecule has 2 aliphatic rings. The summed E-state index contributed by atoms with van der Waals surface area (Å²) in [6.07, 6.45) is 0.0707. The molecular formula is C19H17FN2O4. The molecule has 7 heteroatoms. The van der Waals surface area contributed by atoms with Gasteiger partial charge in [-0.05, 0) is 29.8 Å². The van der Waals surface area contributed by atoms with Crippen LogP contribution in [0.3, 0.4) is 0 Å². The third-order valence-corrected chi connectivity index (χ3v) is 4.54. The van der Waals surface area contributed by atoms with Crippen molar-refractivity contribution < 1.29 is 23.5 Å². The Kier molecular flexibility index (Phi) is 4.20. The molecule has 2 amide bonds. The Balaban J connectivity index is 1.38. The van der Waals surface area contributed by atoms with Crippen molar-refractivity contribution in [1.29, 1.82) is 0 Å². The third kappa shape index (κ3) is 3.08. The van der Waals surface area contributed by atoms with Crippen LogP contribution in [0.1, 0.15) is 12.0 Å². The number of para-hydroxylation sites is 1. The maximum atomic E-state index is 13.9. The standard InChI is InChI=1S/C19H17FN2O4/c20-14-3-1-2-4-15(14)22-10-13(8-18(22)23)19(24)21-9-12-5-6-16-17(7-12)26-11-25-16/h1-7,13H,8-11H2,(H,21,24)/t13-/m1/s1. The molecule has 4 rings (SSSR count). The molecule has 0 unspecified atom stereocenters. The first-order valence-electron chi connectivity index (χ1n) is 8.33. The minimum Gasteiger partial charge on any atom is -0.454 e. The molecule has 6 nitrogen and oxygen atoms in total. The van der Waals surface area contributed by atoms with Gasteiger partial charge in [0.15, 0.2) is 11.5 Å². The zero-order chi connectivity index (χ0) is 18.1. The number of hydrogen-bond acceptors (Lipinski definition) is 4. The van der Waals surface area contributed by atoms with Gasteiger partial charge in [-0.15, -0.1) is 0 Å². The SMILES string of the molecule is O=C(NCc1ccc2c(c1)OCO2)[C@@H]1CC(=O)N(c2ccccc2F)C1. The molecule has 134 valence electrons. The van der Waals surface area contributed by atoms with Gasteiger partial charge in [-0.1, -0.05) is 18.2 Å². The topological polar surface area (TPSA) is 67.9 Å². The highest BCUT2D eigenvalue weighted by Crippen LogP contribution is 2.32. The van der Waals surface area contributed by atoms with Crippen LogP contribution in [0.4, 0.5) is 10.1 Å². The van der Waals surface area contributed by atoms with Crippen LogP contribution >= 0.6 is 0 Å². The van der Waals surface area contributed by atoms with Gasteiger partial charge in [0, 0.05) is 19.5 Å². The highest BCUT2D eigenvalue weighted by atomic mass is 19.1. The number of amides is 2. The number of nitrogens with one attached hydrogen (secondary N) is 1. The van der Waals surface area contributed by atoms with Crippen LogP contribution in [0.5, 0.6) is 11.5 Å². The number of anilines is 1. The van der Waals surface area contributed by atoms with Crippen LogP contribution in [0.15, 0.2) is 42.5 Å². The maximum absolute atomic E-state index is 13.9. The molecule has 0 spiro atoms. The Hall–Kier alpha value is -3.09. The van der Waals surface area contributed by atoms with Gasteiger partial charge >= 0.3 is 0 Å². The molecule has 1 fully saturated rings. The lowest BCUT2D eigenvalue weighted by Gasteiger charge is -2.17. The summed E-state index contributed by atoms with van der Waals surface area (Å²) >= 11 is 0. The van der Waals surface area contributed by atoms with Crippen LogP contribution in [0.2, 0.25) is 0 Å². The van der Waals surface area contributed by atoms with Crippen molar-refractivity contribution in [2.24, 2.45) is 5.92 Å². The van der Waals surface area contributed by atoms with Crippen molar-refractivity contribution in [1.82, 2.24) is 5.32 Å². The van der Waals surface area contributed by atoms with Gasteiger partial charge in [-0.3, -0.25) is 9.59 Å². The van der Waals surface area contributed by atoms with E-state index in [2.05, 4.69) is 5.32 Å². The number of rotatable bonds is 4. The summed E-state index contributed by atoms with van der Waals surface area (Å²) in [7, 11) is 0. The number of nitrogens with zero attached hydrogens (tertiary/aromatic N) is 1. The molecule has 2 aromatic rings. The Morgan fingerprint density at radius 2 is 2.00 bits per heavy atom. The summed E-state index contributed by atoms with van der Waals surface area (Å²) in [6, 6.07) is 11.5. The second-order valence-electron chi connectivity index (χ2n) is 6.26. The van der Waals surface area contributed by atoms with Crippen molar-refractivity contribution in [3.05, 3.63) is 53.8 Å². The monoisotopic (exact) mass is 356 g/mol. The molecular weight excluding hydrogens is 339 g/mol. The predicted octanol–water partition coefficient (Wildman–Crippen LogP) is 2.22. The van der Waals surface area contributed by atoms with E-state index in [9.17, 15) is 14.0 Å². The average Bonchev–Trinajstić information content (AvgIpc) is 3.26. The fraction of sp³-hybridized carbons (Fsp3) is 0.263. The van der Waals surface area contributed by atoms with Crippen LogP contribution in [0.25, 0.3) is 0 Å². The van der Waals surface area contributed by atoms with Gasteiger partial charge < -0.3 is 19.7 Å². The van der Waals surface area contributed by atoms with Crippen LogP contribution in [0, 0.1) is 11.7 Å². The number of halogens is 1. The molecule has 0 radical (unpaired) electrons. The molecule has 2 aliphatic heterocycles. The molecule has 1 saturated heterocycles. The van der Waals surface area contributed by atoms with Crippen molar-refractivity contribution in [3.63, 3.8) is 0 Å². The number of hydrogen-bond donors (Lipinski definition) is 1. The minimum atomic E-state index is -0.504. The largest absolute Gasteiger partial charge is 0.454 e. The summed E-state index contributed by atoms with van der Waals surface area (Å²) in [5.41, 5.74) is 1.08. The lowest BCUT2D eigenvalue weighted by atomic mass is 10.1. The summed E-state index contributed by atoms with van der Waals surface area (Å²) in [6.45, 7) is 0.688. The van der Waals surface area contributed by atoms with Crippen molar-refractivity contribution in [3.8, 4) is 11.5 Å². The van der Waals surface area contributed by atoms with Crippen LogP contribution in [-0.2, 0) is 16.1 Å². The van der Waals surface area contributed by atoms with Crippen LogP contribution in [-0.4, -0.2) is 25.2 Å². The van der Waals surface area contributed by atoms with Gasteiger partial charge in [0.05, 0.1) is 11.6 Å². The van der Waals surface area contributed by atoms with Crippen molar-refractivity contribution in [2.45, 2.75) is 13.0 Å². The zero-order valence-electron chi connectivity index (χ0n) is 13.9. The Morgan fingerprint density at radius 1 is 1.19 bits per heavy atom. The highest BCUT2D eigenvalue weighted by molar-refractivity contribution is 6.00. The lowest BCUT2D eigenvalue weighted by molar-refractivity contribution is -0.126. The average molecular weight is 356 g/mol. The van der Waals surface area contributed by atoms with E-state index in [0.29, 0.717) is 18.0 Å². The first-order valence-corrected chi connectivity index (χ1v) is 8.33.